The van der Waals surface area contributed by atoms with Crippen LogP contribution in [0.5, 0.6) is 11.5 Å². The van der Waals surface area contributed by atoms with Crippen LogP contribution >= 0.6 is 0 Å². The van der Waals surface area contributed by atoms with Crippen LogP contribution in [0.4, 0.5) is 4.79 Å². The molecule has 1 atom stereocenters. The summed E-state index contributed by atoms with van der Waals surface area (Å²) in [5.41, 5.74) is 0.988. The fourth-order valence-electron chi connectivity index (χ4n) is 6.44. The molecule has 29 heavy (non-hydrogen) atoms. The van der Waals surface area contributed by atoms with Gasteiger partial charge in [-0.05, 0) is 74.5 Å². The molecule has 0 aromatic heterocycles. The Hall–Kier alpha value is -2.28. The Morgan fingerprint density at radius 2 is 1.72 bits per heavy atom. The molecule has 1 aromatic rings. The number of ether oxygens (including phenoxy) is 2. The average molecular weight is 400 g/mol. The minimum Gasteiger partial charge on any atom is -0.454 e. The maximum atomic E-state index is 12.5. The topological polar surface area (TPSA) is 81.1 Å². The molecular weight excluding hydrogens is 370 g/mol. The summed E-state index contributed by atoms with van der Waals surface area (Å²) >= 11 is 0. The van der Waals surface area contributed by atoms with Gasteiger partial charge in [0.25, 0.3) is 5.91 Å². The SMILES string of the molecule is C[NH+](CC(=O)NC(=O)NC12CC3CC(CC(C3)C1)C2)Cc1ccc2c(c1)OCO2. The summed E-state index contributed by atoms with van der Waals surface area (Å²) < 4.78 is 10.7. The number of rotatable bonds is 5. The third kappa shape index (κ3) is 3.92. The smallest absolute Gasteiger partial charge is 0.322 e. The van der Waals surface area contributed by atoms with E-state index >= 15 is 0 Å². The van der Waals surface area contributed by atoms with Gasteiger partial charge in [0.15, 0.2) is 18.0 Å². The van der Waals surface area contributed by atoms with Gasteiger partial charge in [-0.25, -0.2) is 4.79 Å². The van der Waals surface area contributed by atoms with Gasteiger partial charge in [0, 0.05) is 11.1 Å². The minimum absolute atomic E-state index is 0.0790. The highest BCUT2D eigenvalue weighted by molar-refractivity contribution is 5.95. The van der Waals surface area contributed by atoms with E-state index < -0.39 is 0 Å². The highest BCUT2D eigenvalue weighted by Gasteiger charge is 2.51. The van der Waals surface area contributed by atoms with Crippen molar-refractivity contribution in [2.45, 2.75) is 50.6 Å². The molecule has 0 radical (unpaired) electrons. The van der Waals surface area contributed by atoms with Crippen molar-refractivity contribution in [1.29, 1.82) is 0 Å². The second-order valence-corrected chi connectivity index (χ2v) is 9.70. The van der Waals surface area contributed by atoms with E-state index in [0.717, 1.165) is 59.0 Å². The van der Waals surface area contributed by atoms with Crippen molar-refractivity contribution in [2.24, 2.45) is 17.8 Å². The zero-order valence-corrected chi connectivity index (χ0v) is 17.0. The van der Waals surface area contributed by atoms with Gasteiger partial charge >= 0.3 is 6.03 Å². The zero-order chi connectivity index (χ0) is 20.0. The van der Waals surface area contributed by atoms with Crippen LogP contribution in [0.3, 0.4) is 0 Å². The number of benzene rings is 1. The Kier molecular flexibility index (Phi) is 4.65. The first kappa shape index (κ1) is 18.7. The van der Waals surface area contributed by atoms with Crippen molar-refractivity contribution in [3.05, 3.63) is 23.8 Å². The third-order valence-corrected chi connectivity index (χ3v) is 7.08. The number of carbonyl (C=O) groups is 2. The minimum atomic E-state index is -0.326. The number of imide groups is 1. The monoisotopic (exact) mass is 400 g/mol. The molecule has 1 heterocycles. The van der Waals surface area contributed by atoms with E-state index in [2.05, 4.69) is 10.6 Å². The Labute approximate surface area is 171 Å². The molecule has 4 aliphatic carbocycles. The lowest BCUT2D eigenvalue weighted by Crippen LogP contribution is -3.09. The molecule has 1 unspecified atom stereocenters. The first-order valence-electron chi connectivity index (χ1n) is 10.8. The van der Waals surface area contributed by atoms with Gasteiger partial charge in [-0.1, -0.05) is 0 Å². The van der Waals surface area contributed by atoms with Crippen molar-refractivity contribution >= 4 is 11.9 Å². The van der Waals surface area contributed by atoms with Gasteiger partial charge in [0.1, 0.15) is 6.54 Å². The Bertz CT molecular complexity index is 789. The number of amides is 3. The molecular formula is C22H30N3O4+. The second kappa shape index (κ2) is 7.20. The van der Waals surface area contributed by atoms with Crippen LogP contribution in [0, 0.1) is 17.8 Å². The Balaban J connectivity index is 1.11. The van der Waals surface area contributed by atoms with Crippen LogP contribution in [0.2, 0.25) is 0 Å². The lowest BCUT2D eigenvalue weighted by molar-refractivity contribution is -0.885. The van der Waals surface area contributed by atoms with Crippen LogP contribution in [0.15, 0.2) is 18.2 Å². The molecule has 5 aliphatic rings. The van der Waals surface area contributed by atoms with E-state index in [1.807, 2.05) is 25.2 Å². The summed E-state index contributed by atoms with van der Waals surface area (Å²) in [5.74, 6) is 3.53. The molecule has 1 aliphatic heterocycles. The fraction of sp³-hybridized carbons (Fsp3) is 0.636. The summed E-state index contributed by atoms with van der Waals surface area (Å²) in [6.45, 7) is 1.16. The quantitative estimate of drug-likeness (QED) is 0.694. The number of urea groups is 1. The fourth-order valence-corrected chi connectivity index (χ4v) is 6.44. The zero-order valence-electron chi connectivity index (χ0n) is 17.0. The average Bonchev–Trinajstić information content (AvgIpc) is 3.07. The van der Waals surface area contributed by atoms with Crippen molar-refractivity contribution in [3.63, 3.8) is 0 Å². The number of fused-ring (bicyclic) bond motifs is 1. The van der Waals surface area contributed by atoms with Crippen molar-refractivity contribution in [3.8, 4) is 11.5 Å². The Morgan fingerprint density at radius 3 is 2.41 bits per heavy atom. The van der Waals surface area contributed by atoms with Crippen LogP contribution in [-0.2, 0) is 11.3 Å². The summed E-state index contributed by atoms with van der Waals surface area (Å²) in [6, 6.07) is 5.50. The third-order valence-electron chi connectivity index (χ3n) is 7.08. The molecule has 0 spiro atoms. The van der Waals surface area contributed by atoms with Crippen LogP contribution in [0.25, 0.3) is 0 Å². The lowest BCUT2D eigenvalue weighted by atomic mass is 9.53. The summed E-state index contributed by atoms with van der Waals surface area (Å²) in [7, 11) is 1.95. The van der Waals surface area contributed by atoms with Gasteiger partial charge in [-0.2, -0.15) is 0 Å². The van der Waals surface area contributed by atoms with Gasteiger partial charge in [0.2, 0.25) is 6.79 Å². The molecule has 0 saturated heterocycles. The summed E-state index contributed by atoms with van der Waals surface area (Å²) in [4.78, 5) is 25.9. The van der Waals surface area contributed by atoms with Gasteiger partial charge in [-0.15, -0.1) is 0 Å². The van der Waals surface area contributed by atoms with E-state index in [9.17, 15) is 9.59 Å². The molecule has 6 rings (SSSR count). The van der Waals surface area contributed by atoms with E-state index in [-0.39, 0.29) is 30.8 Å². The lowest BCUT2D eigenvalue weighted by Gasteiger charge is -2.56. The molecule has 4 fully saturated rings. The normalized spacial score (nSPS) is 32.1. The predicted molar refractivity (Wildman–Crippen MR) is 106 cm³/mol. The highest BCUT2D eigenvalue weighted by atomic mass is 16.7. The van der Waals surface area contributed by atoms with Crippen molar-refractivity contribution < 1.29 is 24.0 Å². The van der Waals surface area contributed by atoms with Crippen LogP contribution in [-0.4, -0.2) is 37.9 Å². The number of hydrogen-bond donors (Lipinski definition) is 3. The van der Waals surface area contributed by atoms with Crippen molar-refractivity contribution in [2.75, 3.05) is 20.4 Å². The standard InChI is InChI=1S/C22H29N3O4/c1-25(11-14-2-3-18-19(7-14)29-13-28-18)12-20(26)23-21(27)24-22-8-15-4-16(9-22)6-17(5-15)10-22/h2-3,7,15-17H,4-6,8-13H2,1H3,(H2,23,24,26,27)/p+1. The molecule has 4 saturated carbocycles. The number of hydrogen-bond acceptors (Lipinski definition) is 4. The number of quaternary nitrogens is 1. The highest BCUT2D eigenvalue weighted by Crippen LogP contribution is 2.55. The van der Waals surface area contributed by atoms with Crippen LogP contribution in [0.1, 0.15) is 44.1 Å². The largest absolute Gasteiger partial charge is 0.454 e. The van der Waals surface area contributed by atoms with Gasteiger partial charge in [-0.3, -0.25) is 10.1 Å². The van der Waals surface area contributed by atoms with Gasteiger partial charge in [0.05, 0.1) is 7.05 Å². The molecule has 4 bridgehead atoms. The van der Waals surface area contributed by atoms with E-state index in [0.29, 0.717) is 6.54 Å². The first-order valence-corrected chi connectivity index (χ1v) is 10.8. The Morgan fingerprint density at radius 1 is 1.07 bits per heavy atom. The number of likely N-dealkylation sites (N-methyl/N-ethyl adjacent to an activating group) is 1. The molecule has 7 nitrogen and oxygen atoms in total. The molecule has 7 heteroatoms. The van der Waals surface area contributed by atoms with E-state index in [1.54, 1.807) is 0 Å². The van der Waals surface area contributed by atoms with Gasteiger partial charge < -0.3 is 19.7 Å². The molecule has 3 N–H and O–H groups in total. The predicted octanol–water partition coefficient (Wildman–Crippen LogP) is 1.22. The molecule has 156 valence electrons. The maximum Gasteiger partial charge on any atom is 0.322 e. The number of carbonyl (C=O) groups excluding carboxylic acids is 2. The number of nitrogens with one attached hydrogen (secondary N) is 3. The first-order chi connectivity index (χ1) is 14.0. The summed E-state index contributed by atoms with van der Waals surface area (Å²) in [6.07, 6.45) is 7.22. The summed E-state index contributed by atoms with van der Waals surface area (Å²) in [5, 5.41) is 5.75. The van der Waals surface area contributed by atoms with E-state index in [4.69, 9.17) is 9.47 Å². The molecule has 3 amide bonds. The molecule has 1 aromatic carbocycles. The maximum absolute atomic E-state index is 12.5. The second-order valence-electron chi connectivity index (χ2n) is 9.70. The van der Waals surface area contributed by atoms with Crippen LogP contribution < -0.4 is 25.0 Å². The van der Waals surface area contributed by atoms with E-state index in [1.165, 1.54) is 19.3 Å². The van der Waals surface area contributed by atoms with Crippen molar-refractivity contribution in [1.82, 2.24) is 10.6 Å².